The Balaban J connectivity index is 1.60. The van der Waals surface area contributed by atoms with Crippen LogP contribution in [0.2, 0.25) is 0 Å². The predicted molar refractivity (Wildman–Crippen MR) is 112 cm³/mol. The number of hydrogen-bond donors (Lipinski definition) is 4. The highest BCUT2D eigenvalue weighted by molar-refractivity contribution is 7.16. The van der Waals surface area contributed by atoms with Crippen LogP contribution >= 0.6 is 11.3 Å². The van der Waals surface area contributed by atoms with E-state index in [0.29, 0.717) is 10.6 Å². The summed E-state index contributed by atoms with van der Waals surface area (Å²) in [5.41, 5.74) is -4.52. The highest BCUT2D eigenvalue weighted by Crippen LogP contribution is 2.19. The van der Waals surface area contributed by atoms with E-state index in [0.717, 1.165) is 20.5 Å². The van der Waals surface area contributed by atoms with Crippen LogP contribution in [0.5, 0.6) is 0 Å². The van der Waals surface area contributed by atoms with Crippen molar-refractivity contribution in [3.8, 4) is 10.7 Å². The Labute approximate surface area is 172 Å². The van der Waals surface area contributed by atoms with Gasteiger partial charge in [-0.05, 0) is 36.4 Å². The number of aliphatic imine (C=N–C) groups is 1. The summed E-state index contributed by atoms with van der Waals surface area (Å²) in [5.74, 6) is 0. The van der Waals surface area contributed by atoms with Crippen molar-refractivity contribution in [2.45, 2.75) is 0 Å². The number of nitrogens with zero attached hydrogens (tertiary/aromatic N) is 3. The molecule has 0 unspecified atom stereocenters. The molecule has 0 radical (unpaired) electrons. The fourth-order valence-electron chi connectivity index (χ4n) is 2.65. The Morgan fingerprint density at radius 3 is 1.74 bits per heavy atom. The van der Waals surface area contributed by atoms with Gasteiger partial charge in [-0.25, -0.2) is 37.9 Å². The second kappa shape index (κ2) is 7.68. The smallest absolute Gasteiger partial charge is 0.258 e. The number of rotatable bonds is 4. The largest absolute Gasteiger partial charge is 0.338 e. The standard InChI is InChI=1S/C17H11N7O6S/c25-12-19-14(27)23(15(28)20-12)9-3-1-8(2-4-9)18-7-10-5-6-11(31-10)24-16(29)21-13(26)22-17(24)30/h1-7H,(H2,19,20,25,27,28)(H2,21,22,26,29,30). The van der Waals surface area contributed by atoms with E-state index in [1.54, 1.807) is 18.2 Å². The number of hydrogen-bond acceptors (Lipinski definition) is 8. The zero-order chi connectivity index (χ0) is 22.1. The quantitative estimate of drug-likeness (QED) is 0.280. The Hall–Kier alpha value is -4.59. The van der Waals surface area contributed by atoms with Gasteiger partial charge in [0, 0.05) is 11.1 Å². The molecule has 1 aromatic carbocycles. The molecule has 3 heterocycles. The first-order valence-electron chi connectivity index (χ1n) is 8.48. The molecule has 0 bridgehead atoms. The first kappa shape index (κ1) is 19.7. The molecule has 4 N–H and O–H groups in total. The Morgan fingerprint density at radius 2 is 1.19 bits per heavy atom. The van der Waals surface area contributed by atoms with Gasteiger partial charge >= 0.3 is 34.1 Å². The molecule has 0 atom stereocenters. The monoisotopic (exact) mass is 441 g/mol. The van der Waals surface area contributed by atoms with Crippen molar-refractivity contribution in [1.82, 2.24) is 29.1 Å². The molecule has 0 aliphatic carbocycles. The summed E-state index contributed by atoms with van der Waals surface area (Å²) in [5, 5.41) is 0.288. The van der Waals surface area contributed by atoms with E-state index >= 15 is 0 Å². The molecule has 4 aromatic rings. The molecule has 4 rings (SSSR count). The van der Waals surface area contributed by atoms with Gasteiger partial charge in [0.25, 0.3) is 0 Å². The van der Waals surface area contributed by atoms with Gasteiger partial charge in [0.2, 0.25) is 0 Å². The average molecular weight is 441 g/mol. The zero-order valence-corrected chi connectivity index (χ0v) is 16.1. The summed E-state index contributed by atoms with van der Waals surface area (Å²) in [6.07, 6.45) is 1.49. The van der Waals surface area contributed by atoms with Crippen LogP contribution in [0.15, 0.2) is 70.2 Å². The summed E-state index contributed by atoms with van der Waals surface area (Å²) >= 11 is 1.09. The number of thiophene rings is 1. The average Bonchev–Trinajstić information content (AvgIpc) is 3.14. The maximum atomic E-state index is 11.9. The lowest BCUT2D eigenvalue weighted by Crippen LogP contribution is -2.42. The number of aromatic nitrogens is 6. The van der Waals surface area contributed by atoms with Crippen molar-refractivity contribution < 1.29 is 0 Å². The third kappa shape index (κ3) is 3.95. The molecule has 0 fully saturated rings. The molecule has 14 heteroatoms. The van der Waals surface area contributed by atoms with Crippen LogP contribution in [0.3, 0.4) is 0 Å². The van der Waals surface area contributed by atoms with Gasteiger partial charge in [0.1, 0.15) is 5.00 Å². The first-order chi connectivity index (χ1) is 14.8. The van der Waals surface area contributed by atoms with Crippen LogP contribution in [0.1, 0.15) is 4.88 Å². The van der Waals surface area contributed by atoms with E-state index < -0.39 is 34.1 Å². The normalized spacial score (nSPS) is 11.2. The van der Waals surface area contributed by atoms with E-state index in [2.05, 4.69) is 4.99 Å². The number of aromatic amines is 4. The zero-order valence-electron chi connectivity index (χ0n) is 15.2. The lowest BCUT2D eigenvalue weighted by atomic mass is 10.3. The highest BCUT2D eigenvalue weighted by Gasteiger charge is 2.09. The Kier molecular flexibility index (Phi) is 4.88. The molecule has 0 saturated heterocycles. The summed E-state index contributed by atoms with van der Waals surface area (Å²) < 4.78 is 1.55. The molecule has 0 aliphatic heterocycles. The number of H-pyrrole nitrogens is 4. The SMILES string of the molecule is O=c1[nH]c(=O)n(-c2ccc(N=Cc3ccc(-n4c(=O)[nH]c(=O)[nH]c4=O)s3)cc2)c(=O)[nH]1. The molecule has 0 saturated carbocycles. The maximum Gasteiger partial charge on any atom is 0.338 e. The third-order valence-corrected chi connectivity index (χ3v) is 4.98. The van der Waals surface area contributed by atoms with E-state index in [9.17, 15) is 28.8 Å². The van der Waals surface area contributed by atoms with Gasteiger partial charge in [-0.15, -0.1) is 11.3 Å². The molecule has 31 heavy (non-hydrogen) atoms. The van der Waals surface area contributed by atoms with Gasteiger partial charge in [0.15, 0.2) is 0 Å². The minimum absolute atomic E-state index is 0.233. The maximum absolute atomic E-state index is 11.9. The van der Waals surface area contributed by atoms with Crippen molar-refractivity contribution in [2.24, 2.45) is 4.99 Å². The van der Waals surface area contributed by atoms with Crippen molar-refractivity contribution in [2.75, 3.05) is 0 Å². The summed E-state index contributed by atoms with van der Waals surface area (Å²) in [4.78, 5) is 82.4. The molecule has 156 valence electrons. The van der Waals surface area contributed by atoms with E-state index in [1.807, 2.05) is 19.9 Å². The first-order valence-corrected chi connectivity index (χ1v) is 9.29. The van der Waals surface area contributed by atoms with Crippen LogP contribution < -0.4 is 34.1 Å². The predicted octanol–water partition coefficient (Wildman–Crippen LogP) is -1.45. The molecule has 13 nitrogen and oxygen atoms in total. The van der Waals surface area contributed by atoms with Crippen molar-refractivity contribution in [3.05, 3.63) is 104 Å². The van der Waals surface area contributed by atoms with E-state index in [-0.39, 0.29) is 10.7 Å². The summed E-state index contributed by atoms with van der Waals surface area (Å²) in [6.45, 7) is 0. The molecule has 0 spiro atoms. The van der Waals surface area contributed by atoms with Crippen molar-refractivity contribution in [1.29, 1.82) is 0 Å². The second-order valence-corrected chi connectivity index (χ2v) is 7.09. The Bertz CT molecular complexity index is 1590. The fourth-order valence-corrected chi connectivity index (χ4v) is 3.53. The molecule has 3 aromatic heterocycles. The van der Waals surface area contributed by atoms with Gasteiger partial charge in [-0.1, -0.05) is 0 Å². The number of benzene rings is 1. The van der Waals surface area contributed by atoms with Gasteiger partial charge in [-0.3, -0.25) is 24.9 Å². The van der Waals surface area contributed by atoms with Crippen LogP contribution in [-0.2, 0) is 0 Å². The van der Waals surface area contributed by atoms with Gasteiger partial charge in [-0.2, -0.15) is 0 Å². The molecular formula is C17H11N7O6S. The molecule has 0 amide bonds. The minimum Gasteiger partial charge on any atom is -0.258 e. The topological polar surface area (TPSA) is 188 Å². The van der Waals surface area contributed by atoms with Crippen LogP contribution in [0.4, 0.5) is 5.69 Å². The van der Waals surface area contributed by atoms with E-state index in [4.69, 9.17) is 0 Å². The van der Waals surface area contributed by atoms with Crippen molar-refractivity contribution >= 4 is 23.2 Å². The van der Waals surface area contributed by atoms with Crippen LogP contribution in [0.25, 0.3) is 10.7 Å². The fraction of sp³-hybridized carbons (Fsp3) is 0. The summed E-state index contributed by atoms with van der Waals surface area (Å²) in [7, 11) is 0. The number of nitrogens with one attached hydrogen (secondary N) is 4. The molecular weight excluding hydrogens is 430 g/mol. The van der Waals surface area contributed by atoms with Crippen LogP contribution in [-0.4, -0.2) is 35.3 Å². The lowest BCUT2D eigenvalue weighted by molar-refractivity contribution is 0.784. The second-order valence-electron chi connectivity index (χ2n) is 6.00. The van der Waals surface area contributed by atoms with Gasteiger partial charge in [0.05, 0.1) is 11.4 Å². The summed E-state index contributed by atoms with van der Waals surface area (Å²) in [6, 6.07) is 9.21. The van der Waals surface area contributed by atoms with Crippen LogP contribution in [0, 0.1) is 0 Å². The van der Waals surface area contributed by atoms with Gasteiger partial charge < -0.3 is 0 Å². The highest BCUT2D eigenvalue weighted by atomic mass is 32.1. The van der Waals surface area contributed by atoms with Crippen molar-refractivity contribution in [3.63, 3.8) is 0 Å². The minimum atomic E-state index is -0.895. The lowest BCUT2D eigenvalue weighted by Gasteiger charge is -2.03. The third-order valence-electron chi connectivity index (χ3n) is 3.98. The molecule has 0 aliphatic rings. The van der Waals surface area contributed by atoms with E-state index in [1.165, 1.54) is 24.4 Å². The Morgan fingerprint density at radius 1 is 0.677 bits per heavy atom.